The van der Waals surface area contributed by atoms with Crippen molar-refractivity contribution in [2.45, 2.75) is 38.1 Å². The standard InChI is InChI=1S/C16H17Cl2N3OS/c1-8-9(2)19-16(20-10(8)3)23-11(4)15(22)21-14-6-5-12(17)7-13(14)18/h5-7,11H,1-4H3,(H,21,22)/t11-/m0/s1. The number of benzene rings is 1. The molecule has 7 heteroatoms. The van der Waals surface area contributed by atoms with E-state index in [1.165, 1.54) is 11.8 Å². The van der Waals surface area contributed by atoms with Crippen LogP contribution in [-0.4, -0.2) is 21.1 Å². The molecule has 23 heavy (non-hydrogen) atoms. The van der Waals surface area contributed by atoms with Crippen molar-refractivity contribution in [2.75, 3.05) is 5.32 Å². The van der Waals surface area contributed by atoms with Gasteiger partial charge in [-0.1, -0.05) is 35.0 Å². The van der Waals surface area contributed by atoms with Crippen LogP contribution >= 0.6 is 35.0 Å². The molecule has 1 atom stereocenters. The predicted molar refractivity (Wildman–Crippen MR) is 96.7 cm³/mol. The van der Waals surface area contributed by atoms with E-state index in [2.05, 4.69) is 15.3 Å². The highest BCUT2D eigenvalue weighted by Gasteiger charge is 2.18. The number of rotatable bonds is 4. The van der Waals surface area contributed by atoms with Gasteiger partial charge in [0.05, 0.1) is 16.0 Å². The van der Waals surface area contributed by atoms with E-state index in [0.29, 0.717) is 20.9 Å². The van der Waals surface area contributed by atoms with Crippen LogP contribution in [0.15, 0.2) is 23.4 Å². The van der Waals surface area contributed by atoms with Crippen LogP contribution in [0.1, 0.15) is 23.9 Å². The Morgan fingerprint density at radius 3 is 2.35 bits per heavy atom. The van der Waals surface area contributed by atoms with Gasteiger partial charge in [-0.15, -0.1) is 0 Å². The highest BCUT2D eigenvalue weighted by molar-refractivity contribution is 8.00. The lowest BCUT2D eigenvalue weighted by Crippen LogP contribution is -2.23. The van der Waals surface area contributed by atoms with E-state index < -0.39 is 0 Å². The van der Waals surface area contributed by atoms with Crippen molar-refractivity contribution in [1.29, 1.82) is 0 Å². The summed E-state index contributed by atoms with van der Waals surface area (Å²) in [6.45, 7) is 7.66. The van der Waals surface area contributed by atoms with Crippen molar-refractivity contribution in [3.05, 3.63) is 45.2 Å². The number of amides is 1. The first-order valence-corrected chi connectivity index (χ1v) is 8.66. The van der Waals surface area contributed by atoms with Gasteiger partial charge in [0.15, 0.2) is 5.16 Å². The second-order valence-corrected chi connectivity index (χ2v) is 7.33. The summed E-state index contributed by atoms with van der Waals surface area (Å²) in [6.07, 6.45) is 0. The molecule has 0 aliphatic carbocycles. The Hall–Kier alpha value is -1.30. The summed E-state index contributed by atoms with van der Waals surface area (Å²) in [5.41, 5.74) is 3.45. The number of nitrogens with one attached hydrogen (secondary N) is 1. The Labute approximate surface area is 150 Å². The Kier molecular flexibility index (Phi) is 5.89. The van der Waals surface area contributed by atoms with E-state index in [0.717, 1.165) is 17.0 Å². The van der Waals surface area contributed by atoms with Crippen molar-refractivity contribution in [2.24, 2.45) is 0 Å². The van der Waals surface area contributed by atoms with Gasteiger partial charge in [0.2, 0.25) is 5.91 Å². The Bertz CT molecular complexity index is 729. The molecule has 2 rings (SSSR count). The number of aryl methyl sites for hydroxylation is 2. The molecule has 1 heterocycles. The number of carbonyl (C=O) groups is 1. The maximum Gasteiger partial charge on any atom is 0.237 e. The van der Waals surface area contributed by atoms with Crippen LogP contribution in [0.3, 0.4) is 0 Å². The molecule has 1 aromatic carbocycles. The predicted octanol–water partition coefficient (Wildman–Crippen LogP) is 4.83. The van der Waals surface area contributed by atoms with Crippen molar-refractivity contribution in [1.82, 2.24) is 9.97 Å². The number of anilines is 1. The minimum atomic E-state index is -0.358. The van der Waals surface area contributed by atoms with E-state index in [4.69, 9.17) is 23.2 Å². The molecule has 0 aliphatic heterocycles. The molecule has 0 saturated carbocycles. The Morgan fingerprint density at radius 2 is 1.78 bits per heavy atom. The van der Waals surface area contributed by atoms with Crippen molar-refractivity contribution in [3.63, 3.8) is 0 Å². The zero-order chi connectivity index (χ0) is 17.1. The molecule has 0 radical (unpaired) electrons. The maximum atomic E-state index is 12.3. The molecule has 0 bridgehead atoms. The first kappa shape index (κ1) is 18.0. The second kappa shape index (κ2) is 7.51. The largest absolute Gasteiger partial charge is 0.324 e. The average molecular weight is 370 g/mol. The topological polar surface area (TPSA) is 54.9 Å². The van der Waals surface area contributed by atoms with Crippen LogP contribution in [0.25, 0.3) is 0 Å². The minimum Gasteiger partial charge on any atom is -0.324 e. The summed E-state index contributed by atoms with van der Waals surface area (Å²) >= 11 is 13.2. The normalized spacial score (nSPS) is 12.1. The monoisotopic (exact) mass is 369 g/mol. The Balaban J connectivity index is 2.08. The average Bonchev–Trinajstić information content (AvgIpc) is 2.47. The third-order valence-corrected chi connectivity index (χ3v) is 4.96. The smallest absolute Gasteiger partial charge is 0.237 e. The molecule has 0 saturated heterocycles. The summed E-state index contributed by atoms with van der Waals surface area (Å²) in [5.74, 6) is -0.168. The van der Waals surface area contributed by atoms with Gasteiger partial charge in [0.1, 0.15) is 0 Å². The van der Waals surface area contributed by atoms with Gasteiger partial charge in [-0.25, -0.2) is 9.97 Å². The van der Waals surface area contributed by atoms with E-state index in [1.54, 1.807) is 25.1 Å². The van der Waals surface area contributed by atoms with E-state index in [1.807, 2.05) is 20.8 Å². The lowest BCUT2D eigenvalue weighted by atomic mass is 10.2. The maximum absolute atomic E-state index is 12.3. The molecule has 0 aliphatic rings. The summed E-state index contributed by atoms with van der Waals surface area (Å²) in [6, 6.07) is 4.94. The molecule has 1 N–H and O–H groups in total. The number of halogens is 2. The first-order valence-electron chi connectivity index (χ1n) is 7.02. The number of thioether (sulfide) groups is 1. The van der Waals surface area contributed by atoms with Crippen LogP contribution < -0.4 is 5.32 Å². The number of hydrogen-bond acceptors (Lipinski definition) is 4. The molecular formula is C16H17Cl2N3OS. The van der Waals surface area contributed by atoms with E-state index in [-0.39, 0.29) is 11.2 Å². The lowest BCUT2D eigenvalue weighted by Gasteiger charge is -2.13. The molecular weight excluding hydrogens is 353 g/mol. The van der Waals surface area contributed by atoms with Gasteiger partial charge in [0.25, 0.3) is 0 Å². The SMILES string of the molecule is Cc1nc(S[C@@H](C)C(=O)Nc2ccc(Cl)cc2Cl)nc(C)c1C. The zero-order valence-corrected chi connectivity index (χ0v) is 15.6. The fourth-order valence-corrected chi connectivity index (χ4v) is 3.15. The number of carbonyl (C=O) groups excluding carboxylic acids is 1. The molecule has 0 fully saturated rings. The van der Waals surface area contributed by atoms with Crippen molar-refractivity contribution < 1.29 is 4.79 Å². The van der Waals surface area contributed by atoms with Gasteiger partial charge in [-0.3, -0.25) is 4.79 Å². The lowest BCUT2D eigenvalue weighted by molar-refractivity contribution is -0.115. The van der Waals surface area contributed by atoms with Gasteiger partial charge >= 0.3 is 0 Å². The van der Waals surface area contributed by atoms with Crippen LogP contribution in [0, 0.1) is 20.8 Å². The van der Waals surface area contributed by atoms with Gasteiger partial charge in [0, 0.05) is 16.4 Å². The zero-order valence-electron chi connectivity index (χ0n) is 13.3. The third-order valence-electron chi connectivity index (χ3n) is 3.45. The molecule has 122 valence electrons. The highest BCUT2D eigenvalue weighted by Crippen LogP contribution is 2.27. The molecule has 4 nitrogen and oxygen atoms in total. The molecule has 0 spiro atoms. The summed E-state index contributed by atoms with van der Waals surface area (Å²) in [4.78, 5) is 21.2. The van der Waals surface area contributed by atoms with Gasteiger partial charge in [-0.2, -0.15) is 0 Å². The van der Waals surface area contributed by atoms with E-state index >= 15 is 0 Å². The van der Waals surface area contributed by atoms with Crippen LogP contribution in [-0.2, 0) is 4.79 Å². The quantitative estimate of drug-likeness (QED) is 0.619. The number of aromatic nitrogens is 2. The van der Waals surface area contributed by atoms with Crippen LogP contribution in [0.2, 0.25) is 10.0 Å². The Morgan fingerprint density at radius 1 is 1.17 bits per heavy atom. The summed E-state index contributed by atoms with van der Waals surface area (Å²) in [5, 5.41) is 3.95. The highest BCUT2D eigenvalue weighted by atomic mass is 35.5. The molecule has 2 aromatic rings. The third kappa shape index (κ3) is 4.59. The molecule has 0 unspecified atom stereocenters. The number of nitrogens with zero attached hydrogens (tertiary/aromatic N) is 2. The van der Waals surface area contributed by atoms with Crippen molar-refractivity contribution >= 4 is 46.6 Å². The van der Waals surface area contributed by atoms with E-state index in [9.17, 15) is 4.79 Å². The van der Waals surface area contributed by atoms with Gasteiger partial charge in [-0.05, 0) is 51.5 Å². The fourth-order valence-electron chi connectivity index (χ4n) is 1.83. The van der Waals surface area contributed by atoms with Gasteiger partial charge < -0.3 is 5.32 Å². The first-order chi connectivity index (χ1) is 10.8. The van der Waals surface area contributed by atoms with Crippen LogP contribution in [0.5, 0.6) is 0 Å². The van der Waals surface area contributed by atoms with Crippen molar-refractivity contribution in [3.8, 4) is 0 Å². The minimum absolute atomic E-state index is 0.168. The summed E-state index contributed by atoms with van der Waals surface area (Å²) < 4.78 is 0. The fraction of sp³-hybridized carbons (Fsp3) is 0.312. The number of hydrogen-bond donors (Lipinski definition) is 1. The molecule has 1 aromatic heterocycles. The molecule has 1 amide bonds. The second-order valence-electron chi connectivity index (χ2n) is 5.18. The summed E-state index contributed by atoms with van der Waals surface area (Å²) in [7, 11) is 0. The van der Waals surface area contributed by atoms with Crippen LogP contribution in [0.4, 0.5) is 5.69 Å².